The molecule has 7 heteroatoms. The summed E-state index contributed by atoms with van der Waals surface area (Å²) >= 11 is 0. The second-order valence-corrected chi connectivity index (χ2v) is 7.44. The number of rotatable bonds is 8. The molecule has 1 unspecified atom stereocenters. The summed E-state index contributed by atoms with van der Waals surface area (Å²) in [5.74, 6) is 1.39. The number of hydrogen-bond acceptors (Lipinski definition) is 5. The highest BCUT2D eigenvalue weighted by molar-refractivity contribution is 5.76. The SMILES string of the molecule is O=C(CCc1nc(-c2ccccc2)no1)N1CCC(CCOc2ccccc2F)C1. The number of carbonyl (C=O) groups is 1. The van der Waals surface area contributed by atoms with Crippen LogP contribution in [0.25, 0.3) is 11.4 Å². The smallest absolute Gasteiger partial charge is 0.227 e. The molecule has 0 N–H and O–H groups in total. The van der Waals surface area contributed by atoms with Crippen LogP contribution in [0, 0.1) is 11.7 Å². The molecular weight excluding hydrogens is 385 g/mol. The quantitative estimate of drug-likeness (QED) is 0.560. The van der Waals surface area contributed by atoms with E-state index in [1.807, 2.05) is 35.2 Å². The number of benzene rings is 2. The van der Waals surface area contributed by atoms with E-state index in [1.165, 1.54) is 6.07 Å². The zero-order valence-corrected chi connectivity index (χ0v) is 16.7. The topological polar surface area (TPSA) is 68.5 Å². The highest BCUT2D eigenvalue weighted by Crippen LogP contribution is 2.22. The van der Waals surface area contributed by atoms with Crippen LogP contribution in [0.3, 0.4) is 0 Å². The number of para-hydroxylation sites is 1. The molecule has 1 aromatic heterocycles. The molecule has 6 nitrogen and oxygen atoms in total. The average Bonchev–Trinajstić information content (AvgIpc) is 3.44. The van der Waals surface area contributed by atoms with Crippen molar-refractivity contribution >= 4 is 5.91 Å². The lowest BCUT2D eigenvalue weighted by atomic mass is 10.1. The minimum Gasteiger partial charge on any atom is -0.491 e. The van der Waals surface area contributed by atoms with Crippen LogP contribution < -0.4 is 4.74 Å². The van der Waals surface area contributed by atoms with Crippen molar-refractivity contribution in [1.82, 2.24) is 15.0 Å². The van der Waals surface area contributed by atoms with Crippen molar-refractivity contribution in [1.29, 1.82) is 0 Å². The van der Waals surface area contributed by atoms with Gasteiger partial charge in [-0.2, -0.15) is 4.98 Å². The molecule has 0 saturated carbocycles. The summed E-state index contributed by atoms with van der Waals surface area (Å²) in [5.41, 5.74) is 0.888. The molecule has 1 amide bonds. The van der Waals surface area contributed by atoms with Crippen molar-refractivity contribution < 1.29 is 18.4 Å². The van der Waals surface area contributed by atoms with Gasteiger partial charge in [-0.15, -0.1) is 0 Å². The van der Waals surface area contributed by atoms with Gasteiger partial charge in [0.25, 0.3) is 0 Å². The van der Waals surface area contributed by atoms with Gasteiger partial charge in [0.15, 0.2) is 11.6 Å². The molecule has 2 heterocycles. The minimum absolute atomic E-state index is 0.0898. The number of aryl methyl sites for hydroxylation is 1. The van der Waals surface area contributed by atoms with Crippen molar-refractivity contribution in [3.8, 4) is 17.1 Å². The van der Waals surface area contributed by atoms with Gasteiger partial charge < -0.3 is 14.2 Å². The van der Waals surface area contributed by atoms with Crippen molar-refractivity contribution in [2.45, 2.75) is 25.7 Å². The second-order valence-electron chi connectivity index (χ2n) is 7.44. The molecule has 156 valence electrons. The third kappa shape index (κ3) is 5.03. The van der Waals surface area contributed by atoms with E-state index in [1.54, 1.807) is 18.2 Å². The lowest BCUT2D eigenvalue weighted by Crippen LogP contribution is -2.29. The third-order valence-corrected chi connectivity index (χ3v) is 5.31. The van der Waals surface area contributed by atoms with E-state index in [9.17, 15) is 9.18 Å². The van der Waals surface area contributed by atoms with Crippen molar-refractivity contribution in [2.75, 3.05) is 19.7 Å². The molecule has 1 atom stereocenters. The monoisotopic (exact) mass is 409 g/mol. The molecule has 30 heavy (non-hydrogen) atoms. The standard InChI is InChI=1S/C23H24FN3O3/c24-19-8-4-5-9-20(19)29-15-13-17-12-14-27(16-17)22(28)11-10-21-25-23(26-30-21)18-6-2-1-3-7-18/h1-9,17H,10-16H2. The second kappa shape index (κ2) is 9.52. The van der Waals surface area contributed by atoms with Crippen molar-refractivity contribution in [2.24, 2.45) is 5.92 Å². The van der Waals surface area contributed by atoms with Crippen LogP contribution in [0.4, 0.5) is 4.39 Å². The van der Waals surface area contributed by atoms with Crippen LogP contribution in [-0.4, -0.2) is 40.6 Å². The molecule has 4 rings (SSSR count). The summed E-state index contributed by atoms with van der Waals surface area (Å²) in [7, 11) is 0. The number of amides is 1. The summed E-state index contributed by atoms with van der Waals surface area (Å²) in [5, 5.41) is 3.99. The first kappa shape index (κ1) is 20.1. The zero-order chi connectivity index (χ0) is 20.8. The third-order valence-electron chi connectivity index (χ3n) is 5.31. The predicted molar refractivity (Wildman–Crippen MR) is 109 cm³/mol. The number of carbonyl (C=O) groups excluding carboxylic acids is 1. The van der Waals surface area contributed by atoms with Crippen molar-refractivity contribution in [3.63, 3.8) is 0 Å². The highest BCUT2D eigenvalue weighted by Gasteiger charge is 2.26. The first-order chi connectivity index (χ1) is 14.7. The average molecular weight is 409 g/mol. The minimum atomic E-state index is -0.350. The first-order valence-corrected chi connectivity index (χ1v) is 10.2. The van der Waals surface area contributed by atoms with Crippen LogP contribution in [-0.2, 0) is 11.2 Å². The first-order valence-electron chi connectivity index (χ1n) is 10.2. The largest absolute Gasteiger partial charge is 0.491 e. The fourth-order valence-electron chi connectivity index (χ4n) is 3.63. The molecule has 0 bridgehead atoms. The van der Waals surface area contributed by atoms with Gasteiger partial charge in [-0.05, 0) is 30.9 Å². The van der Waals surface area contributed by atoms with Gasteiger partial charge in [-0.1, -0.05) is 47.6 Å². The maximum atomic E-state index is 13.6. The summed E-state index contributed by atoms with van der Waals surface area (Å²) in [4.78, 5) is 18.8. The van der Waals surface area contributed by atoms with E-state index in [0.717, 1.165) is 24.9 Å². The van der Waals surface area contributed by atoms with Gasteiger partial charge in [0.05, 0.1) is 6.61 Å². The van der Waals surface area contributed by atoms with Gasteiger partial charge in [0, 0.05) is 31.5 Å². The van der Waals surface area contributed by atoms with E-state index in [4.69, 9.17) is 9.26 Å². The Morgan fingerprint density at radius 1 is 1.17 bits per heavy atom. The molecule has 3 aromatic rings. The number of ether oxygens (including phenoxy) is 1. The Hall–Kier alpha value is -3.22. The highest BCUT2D eigenvalue weighted by atomic mass is 19.1. The van der Waals surface area contributed by atoms with Crippen LogP contribution in [0.2, 0.25) is 0 Å². The Kier molecular flexibility index (Phi) is 6.37. The summed E-state index contributed by atoms with van der Waals surface area (Å²) in [6, 6.07) is 16.0. The molecule has 0 aliphatic carbocycles. The lowest BCUT2D eigenvalue weighted by Gasteiger charge is -2.16. The zero-order valence-electron chi connectivity index (χ0n) is 16.7. The maximum absolute atomic E-state index is 13.6. The van der Waals surface area contributed by atoms with Crippen molar-refractivity contribution in [3.05, 3.63) is 66.3 Å². The fraction of sp³-hybridized carbons (Fsp3) is 0.348. The molecule has 2 aromatic carbocycles. The number of nitrogens with zero attached hydrogens (tertiary/aromatic N) is 3. The molecule has 0 radical (unpaired) electrons. The van der Waals surface area contributed by atoms with E-state index in [2.05, 4.69) is 10.1 Å². The van der Waals surface area contributed by atoms with E-state index in [-0.39, 0.29) is 17.5 Å². The van der Waals surface area contributed by atoms with E-state index in [0.29, 0.717) is 43.6 Å². The predicted octanol–water partition coefficient (Wildman–Crippen LogP) is 4.13. The van der Waals surface area contributed by atoms with Crippen LogP contribution >= 0.6 is 0 Å². The summed E-state index contributed by atoms with van der Waals surface area (Å²) < 4.78 is 24.4. The van der Waals surface area contributed by atoms with Gasteiger partial charge in [-0.25, -0.2) is 4.39 Å². The number of hydrogen-bond donors (Lipinski definition) is 0. The Labute approximate surface area is 174 Å². The van der Waals surface area contributed by atoms with Crippen LogP contribution in [0.5, 0.6) is 5.75 Å². The molecule has 0 spiro atoms. The Morgan fingerprint density at radius 3 is 2.80 bits per heavy atom. The van der Waals surface area contributed by atoms with Crippen LogP contribution in [0.1, 0.15) is 25.2 Å². The lowest BCUT2D eigenvalue weighted by molar-refractivity contribution is -0.130. The Bertz CT molecular complexity index is 977. The molecule has 1 aliphatic heterocycles. The van der Waals surface area contributed by atoms with Crippen LogP contribution in [0.15, 0.2) is 59.1 Å². The van der Waals surface area contributed by atoms with E-state index >= 15 is 0 Å². The number of likely N-dealkylation sites (tertiary alicyclic amines) is 1. The number of aromatic nitrogens is 2. The van der Waals surface area contributed by atoms with Gasteiger partial charge in [0.1, 0.15) is 0 Å². The Morgan fingerprint density at radius 2 is 1.97 bits per heavy atom. The van der Waals surface area contributed by atoms with E-state index < -0.39 is 0 Å². The maximum Gasteiger partial charge on any atom is 0.227 e. The molecule has 1 aliphatic rings. The summed E-state index contributed by atoms with van der Waals surface area (Å²) in [6.07, 6.45) is 2.50. The van der Waals surface area contributed by atoms with Gasteiger partial charge in [0.2, 0.25) is 17.6 Å². The van der Waals surface area contributed by atoms with Gasteiger partial charge in [-0.3, -0.25) is 4.79 Å². The Balaban J connectivity index is 1.20. The molecule has 1 fully saturated rings. The fourth-order valence-corrected chi connectivity index (χ4v) is 3.63. The summed E-state index contributed by atoms with van der Waals surface area (Å²) in [6.45, 7) is 1.89. The number of halogens is 1. The van der Waals surface area contributed by atoms with Gasteiger partial charge >= 0.3 is 0 Å². The molecular formula is C23H24FN3O3. The normalized spacial score (nSPS) is 16.0. The molecule has 1 saturated heterocycles.